The molecule has 9 heteroatoms. The second-order valence-electron chi connectivity index (χ2n) is 8.58. The third-order valence-corrected chi connectivity index (χ3v) is 7.87. The Balaban J connectivity index is 1.18. The molecule has 0 spiro atoms. The zero-order valence-electron chi connectivity index (χ0n) is 19.4. The highest BCUT2D eigenvalue weighted by molar-refractivity contribution is 7.80. The third-order valence-electron chi connectivity index (χ3n) is 6.21. The molecule has 1 saturated heterocycles. The van der Waals surface area contributed by atoms with Crippen LogP contribution in [0.1, 0.15) is 40.0 Å². The molecule has 0 bridgehead atoms. The molecular weight excluding hydrogens is 512 g/mol. The van der Waals surface area contributed by atoms with Crippen molar-refractivity contribution in [3.8, 4) is 11.1 Å². The molecule has 1 fully saturated rings. The summed E-state index contributed by atoms with van der Waals surface area (Å²) >= 11 is 13.1. The Bertz CT molecular complexity index is 1330. The maximum atomic E-state index is 13.0. The molecule has 4 aromatic rings. The summed E-state index contributed by atoms with van der Waals surface area (Å²) in [6, 6.07) is 19.1. The SMILES string of the molecule is O=C(Nc1ccccc1-c1ccc(Cl)cc1)c1csc(C2CCN(C(=S)NCc3ccco3)CC2)n1. The minimum atomic E-state index is -0.209. The number of hydrogen-bond acceptors (Lipinski definition) is 5. The molecule has 36 heavy (non-hydrogen) atoms. The summed E-state index contributed by atoms with van der Waals surface area (Å²) in [5, 5.41) is 10.6. The maximum Gasteiger partial charge on any atom is 0.275 e. The van der Waals surface area contributed by atoms with Crippen LogP contribution in [0.2, 0.25) is 5.02 Å². The minimum Gasteiger partial charge on any atom is -0.467 e. The van der Waals surface area contributed by atoms with Crippen molar-refractivity contribution in [2.45, 2.75) is 25.3 Å². The number of nitrogens with zero attached hydrogens (tertiary/aromatic N) is 2. The number of hydrogen-bond donors (Lipinski definition) is 2. The van der Waals surface area contributed by atoms with Crippen LogP contribution in [0.5, 0.6) is 0 Å². The lowest BCUT2D eigenvalue weighted by Gasteiger charge is -2.33. The number of piperidine rings is 1. The van der Waals surface area contributed by atoms with Gasteiger partial charge in [0.2, 0.25) is 0 Å². The van der Waals surface area contributed by atoms with Crippen LogP contribution >= 0.6 is 35.2 Å². The number of likely N-dealkylation sites (tertiary alicyclic amines) is 1. The Hall–Kier alpha value is -3.20. The fraction of sp³-hybridized carbons (Fsp3) is 0.222. The first-order valence-corrected chi connectivity index (χ1v) is 13.4. The van der Waals surface area contributed by atoms with E-state index in [-0.39, 0.29) is 5.91 Å². The van der Waals surface area contributed by atoms with Gasteiger partial charge in [-0.3, -0.25) is 4.79 Å². The highest BCUT2D eigenvalue weighted by atomic mass is 35.5. The van der Waals surface area contributed by atoms with Gasteiger partial charge in [0, 0.05) is 40.7 Å². The molecular formula is C27H25ClN4O2S2. The van der Waals surface area contributed by atoms with Gasteiger partial charge >= 0.3 is 0 Å². The van der Waals surface area contributed by atoms with Crippen LogP contribution in [-0.4, -0.2) is 34.0 Å². The van der Waals surface area contributed by atoms with E-state index in [1.165, 1.54) is 0 Å². The second kappa shape index (κ2) is 11.2. The highest BCUT2D eigenvalue weighted by Gasteiger charge is 2.25. The lowest BCUT2D eigenvalue weighted by atomic mass is 9.98. The molecule has 0 radical (unpaired) electrons. The fourth-order valence-electron chi connectivity index (χ4n) is 4.26. The van der Waals surface area contributed by atoms with E-state index in [0.29, 0.717) is 23.2 Å². The fourth-order valence-corrected chi connectivity index (χ4v) is 5.61. The van der Waals surface area contributed by atoms with E-state index in [2.05, 4.69) is 15.5 Å². The summed E-state index contributed by atoms with van der Waals surface area (Å²) in [5.74, 6) is 0.971. The number of para-hydroxylation sites is 1. The maximum absolute atomic E-state index is 13.0. The first-order chi connectivity index (χ1) is 17.6. The van der Waals surface area contributed by atoms with Crippen LogP contribution in [0.15, 0.2) is 76.7 Å². The molecule has 6 nitrogen and oxygen atoms in total. The van der Waals surface area contributed by atoms with Crippen LogP contribution in [-0.2, 0) is 6.54 Å². The van der Waals surface area contributed by atoms with Crippen LogP contribution in [0.3, 0.4) is 0 Å². The van der Waals surface area contributed by atoms with E-state index >= 15 is 0 Å². The molecule has 0 saturated carbocycles. The number of halogens is 1. The summed E-state index contributed by atoms with van der Waals surface area (Å²) in [5.41, 5.74) is 3.10. The van der Waals surface area contributed by atoms with E-state index in [1.807, 2.05) is 66.0 Å². The molecule has 0 atom stereocenters. The Morgan fingerprint density at radius 3 is 2.64 bits per heavy atom. The quantitative estimate of drug-likeness (QED) is 0.272. The Kier molecular flexibility index (Phi) is 7.65. The van der Waals surface area contributed by atoms with E-state index < -0.39 is 0 Å². The van der Waals surface area contributed by atoms with Crippen molar-refractivity contribution in [1.82, 2.24) is 15.2 Å². The number of furan rings is 1. The summed E-state index contributed by atoms with van der Waals surface area (Å²) < 4.78 is 5.35. The number of aromatic nitrogens is 1. The predicted octanol–water partition coefficient (Wildman–Crippen LogP) is 6.56. The number of amides is 1. The van der Waals surface area contributed by atoms with Crippen LogP contribution in [0, 0.1) is 0 Å². The molecule has 2 aromatic heterocycles. The van der Waals surface area contributed by atoms with Crippen molar-refractivity contribution in [3.63, 3.8) is 0 Å². The Labute approximate surface area is 224 Å². The molecule has 2 N–H and O–H groups in total. The number of anilines is 1. The standard InChI is InChI=1S/C27H25ClN4O2S2/c28-20-9-7-18(8-10-20)22-5-1-2-6-23(22)30-25(33)24-17-36-26(31-24)19-11-13-32(14-12-19)27(35)29-16-21-4-3-15-34-21/h1-10,15,17,19H,11-14,16H2,(H,29,35)(H,30,33). The molecule has 0 aliphatic carbocycles. The van der Waals surface area contributed by atoms with Crippen molar-refractivity contribution in [2.75, 3.05) is 18.4 Å². The van der Waals surface area contributed by atoms with Gasteiger partial charge in [-0.2, -0.15) is 0 Å². The number of nitrogens with one attached hydrogen (secondary N) is 2. The van der Waals surface area contributed by atoms with Crippen LogP contribution in [0.25, 0.3) is 11.1 Å². The van der Waals surface area contributed by atoms with Crippen molar-refractivity contribution in [2.24, 2.45) is 0 Å². The van der Waals surface area contributed by atoms with Crippen molar-refractivity contribution in [3.05, 3.63) is 93.8 Å². The van der Waals surface area contributed by atoms with Gasteiger partial charge in [-0.15, -0.1) is 11.3 Å². The van der Waals surface area contributed by atoms with E-state index in [4.69, 9.17) is 33.2 Å². The molecule has 184 valence electrons. The second-order valence-corrected chi connectivity index (χ2v) is 10.3. The summed E-state index contributed by atoms with van der Waals surface area (Å²) in [4.78, 5) is 19.9. The normalized spacial score (nSPS) is 14.0. The highest BCUT2D eigenvalue weighted by Crippen LogP contribution is 2.32. The van der Waals surface area contributed by atoms with Gasteiger partial charge in [0.25, 0.3) is 5.91 Å². The summed E-state index contributed by atoms with van der Waals surface area (Å²) in [6.07, 6.45) is 3.54. The topological polar surface area (TPSA) is 70.4 Å². The molecule has 1 aliphatic rings. The first kappa shape index (κ1) is 24.5. The van der Waals surface area contributed by atoms with Gasteiger partial charge < -0.3 is 20.0 Å². The molecule has 1 aliphatic heterocycles. The molecule has 3 heterocycles. The van der Waals surface area contributed by atoms with Crippen molar-refractivity contribution >= 4 is 51.9 Å². The number of thiocarbonyl (C=S) groups is 1. The van der Waals surface area contributed by atoms with Crippen molar-refractivity contribution < 1.29 is 9.21 Å². The number of thiazole rings is 1. The molecule has 1 amide bonds. The minimum absolute atomic E-state index is 0.209. The predicted molar refractivity (Wildman–Crippen MR) is 149 cm³/mol. The number of rotatable bonds is 6. The van der Waals surface area contributed by atoms with E-state index in [9.17, 15) is 4.79 Å². The average molecular weight is 537 g/mol. The Morgan fingerprint density at radius 1 is 1.11 bits per heavy atom. The monoisotopic (exact) mass is 536 g/mol. The molecule has 0 unspecified atom stereocenters. The number of carbonyl (C=O) groups excluding carboxylic acids is 1. The van der Waals surface area contributed by atoms with Gasteiger partial charge in [-0.25, -0.2) is 4.98 Å². The lowest BCUT2D eigenvalue weighted by Crippen LogP contribution is -2.43. The van der Waals surface area contributed by atoms with E-state index in [0.717, 1.165) is 58.6 Å². The Morgan fingerprint density at radius 2 is 1.89 bits per heavy atom. The van der Waals surface area contributed by atoms with Gasteiger partial charge in [0.15, 0.2) is 5.11 Å². The lowest BCUT2D eigenvalue weighted by molar-refractivity contribution is 0.102. The number of carbonyl (C=O) groups is 1. The van der Waals surface area contributed by atoms with Gasteiger partial charge in [0.05, 0.1) is 17.8 Å². The average Bonchev–Trinajstić information content (AvgIpc) is 3.61. The molecule has 2 aromatic carbocycles. The van der Waals surface area contributed by atoms with Crippen molar-refractivity contribution in [1.29, 1.82) is 0 Å². The van der Waals surface area contributed by atoms with Gasteiger partial charge in [0.1, 0.15) is 11.5 Å². The molecule has 5 rings (SSSR count). The zero-order valence-corrected chi connectivity index (χ0v) is 21.8. The summed E-state index contributed by atoms with van der Waals surface area (Å²) in [6.45, 7) is 2.28. The summed E-state index contributed by atoms with van der Waals surface area (Å²) in [7, 11) is 0. The van der Waals surface area contributed by atoms with Gasteiger partial charge in [-0.1, -0.05) is 41.9 Å². The zero-order chi connectivity index (χ0) is 24.9. The van der Waals surface area contributed by atoms with E-state index in [1.54, 1.807) is 17.6 Å². The van der Waals surface area contributed by atoms with Crippen LogP contribution < -0.4 is 10.6 Å². The van der Waals surface area contributed by atoms with Crippen LogP contribution in [0.4, 0.5) is 5.69 Å². The first-order valence-electron chi connectivity index (χ1n) is 11.7. The van der Waals surface area contributed by atoms with Gasteiger partial charge in [-0.05, 0) is 61.0 Å². The smallest absolute Gasteiger partial charge is 0.275 e. The number of benzene rings is 2. The largest absolute Gasteiger partial charge is 0.467 e. The third kappa shape index (κ3) is 5.78.